The van der Waals surface area contributed by atoms with Gasteiger partial charge in [-0.25, -0.2) is 9.97 Å². The number of nitrogens with one attached hydrogen (secondary N) is 1. The predicted octanol–water partition coefficient (Wildman–Crippen LogP) is 3.53. The van der Waals surface area contributed by atoms with Gasteiger partial charge in [0.05, 0.1) is 17.2 Å². The van der Waals surface area contributed by atoms with Gasteiger partial charge in [0.15, 0.2) is 0 Å². The highest BCUT2D eigenvalue weighted by Crippen LogP contribution is 2.42. The average molecular weight is 490 g/mol. The van der Waals surface area contributed by atoms with E-state index >= 15 is 0 Å². The number of rotatable bonds is 4. The quantitative estimate of drug-likeness (QED) is 0.603. The molecule has 2 aliphatic heterocycles. The molecule has 1 saturated carbocycles. The molecule has 1 N–H and O–H groups in total. The third-order valence-corrected chi connectivity index (χ3v) is 7.81. The topological polar surface area (TPSA) is 87.7 Å². The number of para-hydroxylation sites is 1. The van der Waals surface area contributed by atoms with Crippen molar-refractivity contribution < 1.29 is 14.3 Å². The van der Waals surface area contributed by atoms with E-state index in [2.05, 4.69) is 20.2 Å². The highest BCUT2D eigenvalue weighted by molar-refractivity contribution is 7.17. The number of hydrogen-bond acceptors (Lipinski definition) is 7. The van der Waals surface area contributed by atoms with Gasteiger partial charge in [-0.15, -0.1) is 11.3 Å². The summed E-state index contributed by atoms with van der Waals surface area (Å²) in [5, 5.41) is 3.08. The van der Waals surface area contributed by atoms with Crippen LogP contribution >= 0.6 is 11.3 Å². The fourth-order valence-electron chi connectivity index (χ4n) is 4.61. The Morgan fingerprint density at radius 1 is 1.09 bits per heavy atom. The lowest BCUT2D eigenvalue weighted by Gasteiger charge is -2.24. The molecule has 0 unspecified atom stereocenters. The van der Waals surface area contributed by atoms with Crippen LogP contribution in [0.1, 0.15) is 45.0 Å². The van der Waals surface area contributed by atoms with Crippen LogP contribution in [0.5, 0.6) is 0 Å². The van der Waals surface area contributed by atoms with E-state index in [1.54, 1.807) is 12.3 Å². The van der Waals surface area contributed by atoms with Gasteiger partial charge in [-0.1, -0.05) is 18.2 Å². The third-order valence-electron chi connectivity index (χ3n) is 6.60. The molecule has 3 aliphatic rings. The maximum Gasteiger partial charge on any atom is 0.277 e. The number of carbonyl (C=O) groups excluding carboxylic acids is 2. The maximum absolute atomic E-state index is 13.7. The number of fused-ring (bicyclic) bond motifs is 3. The molecule has 6 rings (SSSR count). The fraction of sp³-hybridized carbons (Fsp3) is 0.385. The molecule has 0 radical (unpaired) electrons. The third kappa shape index (κ3) is 4.53. The number of carbonyl (C=O) groups is 2. The van der Waals surface area contributed by atoms with Crippen LogP contribution in [0.25, 0.3) is 10.4 Å². The smallest absolute Gasteiger partial charge is 0.277 e. The number of nitrogens with zero attached hydrogens (tertiary/aromatic N) is 4. The van der Waals surface area contributed by atoms with Gasteiger partial charge in [0, 0.05) is 48.9 Å². The minimum atomic E-state index is -0.144. The molecular formula is C26H27N5O3S. The Morgan fingerprint density at radius 3 is 2.86 bits per heavy atom. The second kappa shape index (κ2) is 9.39. The van der Waals surface area contributed by atoms with E-state index < -0.39 is 0 Å². The molecule has 4 heterocycles. The van der Waals surface area contributed by atoms with Crippen LogP contribution in [0.2, 0.25) is 0 Å². The molecule has 0 spiro atoms. The van der Waals surface area contributed by atoms with E-state index in [0.717, 1.165) is 59.0 Å². The molecule has 9 heteroatoms. The summed E-state index contributed by atoms with van der Waals surface area (Å²) in [4.78, 5) is 41.1. The highest BCUT2D eigenvalue weighted by atomic mass is 32.1. The van der Waals surface area contributed by atoms with Crippen molar-refractivity contribution in [2.45, 2.75) is 31.7 Å². The summed E-state index contributed by atoms with van der Waals surface area (Å²) >= 11 is 1.51. The molecule has 2 amide bonds. The van der Waals surface area contributed by atoms with Gasteiger partial charge in [-0.05, 0) is 49.4 Å². The summed E-state index contributed by atoms with van der Waals surface area (Å²) < 4.78 is 5.54. The summed E-state index contributed by atoms with van der Waals surface area (Å²) in [6.45, 7) is 3.39. The minimum Gasteiger partial charge on any atom is -0.380 e. The van der Waals surface area contributed by atoms with Gasteiger partial charge in [-0.3, -0.25) is 9.59 Å². The molecule has 180 valence electrons. The van der Waals surface area contributed by atoms with Crippen LogP contribution in [-0.2, 0) is 11.2 Å². The number of benzene rings is 1. The van der Waals surface area contributed by atoms with Crippen molar-refractivity contribution in [3.05, 3.63) is 58.7 Å². The molecule has 0 atom stereocenters. The molecular weight excluding hydrogens is 462 g/mol. The van der Waals surface area contributed by atoms with Crippen LogP contribution in [0, 0.1) is 0 Å². The van der Waals surface area contributed by atoms with Crippen LogP contribution in [0.15, 0.2) is 42.6 Å². The Bertz CT molecular complexity index is 1260. The second-order valence-electron chi connectivity index (χ2n) is 9.13. The van der Waals surface area contributed by atoms with E-state index in [9.17, 15) is 9.59 Å². The first kappa shape index (κ1) is 22.2. The Kier molecular flexibility index (Phi) is 5.95. The summed E-state index contributed by atoms with van der Waals surface area (Å²) in [6.07, 6.45) is 5.36. The van der Waals surface area contributed by atoms with Gasteiger partial charge >= 0.3 is 0 Å². The highest BCUT2D eigenvalue weighted by Gasteiger charge is 2.30. The van der Waals surface area contributed by atoms with Gasteiger partial charge in [0.1, 0.15) is 5.69 Å². The van der Waals surface area contributed by atoms with Gasteiger partial charge < -0.3 is 19.9 Å². The largest absolute Gasteiger partial charge is 0.380 e. The number of thiophene rings is 1. The maximum atomic E-state index is 13.7. The Balaban J connectivity index is 1.30. The Morgan fingerprint density at radius 2 is 1.97 bits per heavy atom. The van der Waals surface area contributed by atoms with Gasteiger partial charge in [-0.2, -0.15) is 0 Å². The van der Waals surface area contributed by atoms with E-state index in [0.29, 0.717) is 43.8 Å². The van der Waals surface area contributed by atoms with E-state index in [4.69, 9.17) is 4.74 Å². The predicted molar refractivity (Wildman–Crippen MR) is 135 cm³/mol. The summed E-state index contributed by atoms with van der Waals surface area (Å²) in [5.74, 6) is 0.423. The van der Waals surface area contributed by atoms with Crippen molar-refractivity contribution in [3.8, 4) is 10.4 Å². The normalized spacial score (nSPS) is 17.7. The van der Waals surface area contributed by atoms with Crippen molar-refractivity contribution >= 4 is 34.8 Å². The van der Waals surface area contributed by atoms with E-state index in [-0.39, 0.29) is 11.8 Å². The fourth-order valence-corrected chi connectivity index (χ4v) is 5.75. The zero-order valence-electron chi connectivity index (χ0n) is 19.4. The van der Waals surface area contributed by atoms with Crippen molar-refractivity contribution in [1.82, 2.24) is 15.3 Å². The Hall–Kier alpha value is -3.30. The lowest BCUT2D eigenvalue weighted by molar-refractivity contribution is 0.0952. The minimum absolute atomic E-state index is 0.00316. The second-order valence-corrected chi connectivity index (χ2v) is 10.2. The summed E-state index contributed by atoms with van der Waals surface area (Å²) in [5.41, 5.74) is 3.30. The molecule has 1 aromatic carbocycles. The number of hydrogen-bond donors (Lipinski definition) is 1. The molecule has 2 fully saturated rings. The number of aromatic nitrogens is 2. The van der Waals surface area contributed by atoms with Crippen LogP contribution in [0.3, 0.4) is 0 Å². The zero-order valence-corrected chi connectivity index (χ0v) is 20.2. The van der Waals surface area contributed by atoms with Gasteiger partial charge in [0.2, 0.25) is 5.95 Å². The number of amides is 2. The van der Waals surface area contributed by atoms with Gasteiger partial charge in [0.25, 0.3) is 11.8 Å². The van der Waals surface area contributed by atoms with Crippen LogP contribution in [0.4, 0.5) is 11.6 Å². The van der Waals surface area contributed by atoms with Crippen molar-refractivity contribution in [1.29, 1.82) is 0 Å². The lowest BCUT2D eigenvalue weighted by atomic mass is 10.1. The van der Waals surface area contributed by atoms with Crippen molar-refractivity contribution in [3.63, 3.8) is 0 Å². The first-order valence-electron chi connectivity index (χ1n) is 12.2. The monoisotopic (exact) mass is 489 g/mol. The zero-order chi connectivity index (χ0) is 23.8. The number of anilines is 2. The first-order valence-corrected chi connectivity index (χ1v) is 13.0. The summed E-state index contributed by atoms with van der Waals surface area (Å²) in [6, 6.07) is 11.9. The van der Waals surface area contributed by atoms with Crippen molar-refractivity contribution in [2.75, 3.05) is 42.6 Å². The Labute approximate surface area is 207 Å². The molecule has 35 heavy (non-hydrogen) atoms. The van der Waals surface area contributed by atoms with Crippen molar-refractivity contribution in [2.24, 2.45) is 0 Å². The standard InChI is InChI=1S/C26H27N5O3S/c32-24(28-18-6-7-18)22-16-17-9-12-31(21-5-2-1-4-19(21)23(17)35-22)25(33)20-8-10-27-26(29-20)30-11-3-14-34-15-13-30/h1-2,4-5,8,10,16,18H,3,6-7,9,11-15H2,(H,28,32). The molecule has 1 aliphatic carbocycles. The lowest BCUT2D eigenvalue weighted by Crippen LogP contribution is -2.34. The molecule has 2 aromatic heterocycles. The molecule has 8 nitrogen and oxygen atoms in total. The average Bonchev–Trinajstić information content (AvgIpc) is 3.68. The van der Waals surface area contributed by atoms with E-state index in [1.165, 1.54) is 11.3 Å². The molecule has 3 aromatic rings. The first-order chi connectivity index (χ1) is 17.2. The SMILES string of the molecule is O=C(NC1CC1)c1cc2c(s1)-c1ccccc1N(C(=O)c1ccnc(N3CCCOCC3)n1)CC2. The van der Waals surface area contributed by atoms with E-state index in [1.807, 2.05) is 35.2 Å². The summed E-state index contributed by atoms with van der Waals surface area (Å²) in [7, 11) is 0. The molecule has 1 saturated heterocycles. The van der Waals surface area contributed by atoms with Crippen LogP contribution in [-0.4, -0.2) is 60.7 Å². The number of ether oxygens (including phenoxy) is 1. The molecule has 0 bridgehead atoms. The van der Waals surface area contributed by atoms with Crippen LogP contribution < -0.4 is 15.1 Å².